The van der Waals surface area contributed by atoms with Crippen LogP contribution >= 0.6 is 7.75 Å². The highest BCUT2D eigenvalue weighted by atomic mass is 31.2. The van der Waals surface area contributed by atoms with Crippen LogP contribution in [0, 0.1) is 5.92 Å². The van der Waals surface area contributed by atoms with Crippen molar-refractivity contribution in [3.63, 3.8) is 0 Å². The third-order valence-electron chi connectivity index (χ3n) is 6.13. The highest BCUT2D eigenvalue weighted by Crippen LogP contribution is 2.46. The summed E-state index contributed by atoms with van der Waals surface area (Å²) in [7, 11) is -4.31. The fourth-order valence-electron chi connectivity index (χ4n) is 4.03. The molecule has 1 aromatic heterocycles. The van der Waals surface area contributed by atoms with Gasteiger partial charge in [0.15, 0.2) is 6.23 Å². The Hall–Kier alpha value is -3.61. The molecule has 3 N–H and O–H groups in total. The molecule has 0 spiro atoms. The number of nitrogens with one attached hydrogen (secondary N) is 2. The molecule has 40 heavy (non-hydrogen) atoms. The minimum atomic E-state index is -4.31. The number of aromatic nitrogens is 2. The van der Waals surface area contributed by atoms with Gasteiger partial charge in [0, 0.05) is 18.2 Å². The SMILES string of the molecule is C[C@@H](N[P@](=O)(OC[C@H]1O[C@@H](n2ccc(=O)[nH]c2=O)[C@H](O)[C@@H]1CF)Oc1ccccc1)C(=O)OCc1ccccc1. The number of carbonyl (C=O) groups is 1. The summed E-state index contributed by atoms with van der Waals surface area (Å²) >= 11 is 0. The number of ether oxygens (including phenoxy) is 2. The minimum Gasteiger partial charge on any atom is -0.460 e. The first-order valence-electron chi connectivity index (χ1n) is 12.4. The monoisotopic (exact) mass is 577 g/mol. The van der Waals surface area contributed by atoms with Crippen molar-refractivity contribution in [2.75, 3.05) is 13.3 Å². The zero-order chi connectivity index (χ0) is 28.7. The molecule has 14 heteroatoms. The van der Waals surface area contributed by atoms with Crippen molar-refractivity contribution >= 4 is 13.7 Å². The van der Waals surface area contributed by atoms with E-state index in [0.29, 0.717) is 0 Å². The summed E-state index contributed by atoms with van der Waals surface area (Å²) in [5.74, 6) is -1.73. The normalized spacial score (nSPS) is 22.8. The lowest BCUT2D eigenvalue weighted by molar-refractivity contribution is -0.146. The number of carbonyl (C=O) groups excluding carboxylic acids is 1. The van der Waals surface area contributed by atoms with Crippen molar-refractivity contribution in [1.82, 2.24) is 14.6 Å². The van der Waals surface area contributed by atoms with Gasteiger partial charge in [-0.05, 0) is 24.6 Å². The van der Waals surface area contributed by atoms with Crippen molar-refractivity contribution in [3.8, 4) is 5.75 Å². The molecule has 1 saturated heterocycles. The third kappa shape index (κ3) is 7.32. The van der Waals surface area contributed by atoms with E-state index in [0.717, 1.165) is 22.4 Å². The smallest absolute Gasteiger partial charge is 0.459 e. The first-order valence-corrected chi connectivity index (χ1v) is 13.9. The molecule has 0 saturated carbocycles. The first kappa shape index (κ1) is 29.4. The summed E-state index contributed by atoms with van der Waals surface area (Å²) in [6, 6.07) is 16.9. The number of alkyl halides is 1. The number of nitrogens with zero attached hydrogens (tertiary/aromatic N) is 1. The second kappa shape index (κ2) is 13.2. The Morgan fingerprint density at radius 2 is 1.82 bits per heavy atom. The van der Waals surface area contributed by atoms with Crippen LogP contribution in [0.2, 0.25) is 0 Å². The molecule has 1 fully saturated rings. The van der Waals surface area contributed by atoms with E-state index in [4.69, 9.17) is 18.5 Å². The summed E-state index contributed by atoms with van der Waals surface area (Å²) in [5, 5.41) is 13.2. The second-order valence-corrected chi connectivity index (χ2v) is 10.7. The van der Waals surface area contributed by atoms with Gasteiger partial charge >= 0.3 is 19.4 Å². The molecule has 0 bridgehead atoms. The number of aliphatic hydroxyl groups is 1. The van der Waals surface area contributed by atoms with Gasteiger partial charge in [0.05, 0.1) is 19.4 Å². The Morgan fingerprint density at radius 3 is 2.48 bits per heavy atom. The van der Waals surface area contributed by atoms with Gasteiger partial charge in [-0.25, -0.2) is 9.36 Å². The summed E-state index contributed by atoms with van der Waals surface area (Å²) in [4.78, 5) is 38.3. The molecular formula is C26H29FN3O9P. The van der Waals surface area contributed by atoms with Crippen LogP contribution in [0.25, 0.3) is 0 Å². The quantitative estimate of drug-likeness (QED) is 0.215. The number of esters is 1. The van der Waals surface area contributed by atoms with Crippen molar-refractivity contribution < 1.29 is 37.4 Å². The van der Waals surface area contributed by atoms with Crippen LogP contribution in [0.4, 0.5) is 4.39 Å². The number of halogens is 1. The molecule has 4 rings (SSSR count). The number of rotatable bonds is 12. The number of para-hydroxylation sites is 1. The van der Waals surface area contributed by atoms with Crippen LogP contribution in [0.5, 0.6) is 5.75 Å². The second-order valence-electron chi connectivity index (χ2n) is 9.03. The first-order chi connectivity index (χ1) is 19.2. The Kier molecular flexibility index (Phi) is 9.67. The van der Waals surface area contributed by atoms with Gasteiger partial charge in [0.1, 0.15) is 24.5 Å². The van der Waals surface area contributed by atoms with Crippen LogP contribution < -0.4 is 20.9 Å². The molecule has 1 aliphatic heterocycles. The van der Waals surface area contributed by atoms with E-state index in [1.165, 1.54) is 19.1 Å². The van der Waals surface area contributed by atoms with E-state index in [-0.39, 0.29) is 12.4 Å². The summed E-state index contributed by atoms with van der Waals surface area (Å²) in [6.07, 6.45) is -2.88. The van der Waals surface area contributed by atoms with Gasteiger partial charge in [0.25, 0.3) is 5.56 Å². The molecule has 0 aliphatic carbocycles. The largest absolute Gasteiger partial charge is 0.460 e. The Bertz CT molecular complexity index is 1440. The third-order valence-corrected chi connectivity index (χ3v) is 7.78. The van der Waals surface area contributed by atoms with E-state index in [2.05, 4.69) is 5.09 Å². The van der Waals surface area contributed by atoms with E-state index in [1.54, 1.807) is 42.5 Å². The highest BCUT2D eigenvalue weighted by molar-refractivity contribution is 7.52. The Labute approximate surface area is 228 Å². The van der Waals surface area contributed by atoms with Gasteiger partial charge in [-0.3, -0.25) is 28.1 Å². The van der Waals surface area contributed by atoms with Crippen molar-refractivity contribution in [3.05, 3.63) is 99.3 Å². The number of aromatic amines is 1. The van der Waals surface area contributed by atoms with Crippen LogP contribution in [0.3, 0.4) is 0 Å². The molecule has 214 valence electrons. The number of aliphatic hydroxyl groups excluding tert-OH is 1. The van der Waals surface area contributed by atoms with E-state index in [1.807, 2.05) is 11.1 Å². The average molecular weight is 578 g/mol. The fraction of sp³-hybridized carbons (Fsp3) is 0.346. The molecule has 0 unspecified atom stereocenters. The molecule has 1 aliphatic rings. The summed E-state index contributed by atoms with van der Waals surface area (Å²) in [5.41, 5.74) is -0.760. The molecule has 3 aromatic rings. The van der Waals surface area contributed by atoms with Crippen molar-refractivity contribution in [1.29, 1.82) is 0 Å². The standard InChI is InChI=1S/C26H29FN3O9P/c1-17(25(33)36-15-18-8-4-2-5-9-18)29-40(35,39-19-10-6-3-7-11-19)37-16-21-20(14-27)23(32)24(38-21)30-13-12-22(31)28-26(30)34/h2-13,17,20-21,23-24,32H,14-16H2,1H3,(H,29,35)(H,28,31,34)/t17-,20-,21-,23-,24-,40+/m1/s1. The van der Waals surface area contributed by atoms with E-state index >= 15 is 0 Å². The number of benzene rings is 2. The molecule has 2 heterocycles. The Morgan fingerprint density at radius 1 is 1.15 bits per heavy atom. The van der Waals surface area contributed by atoms with Crippen LogP contribution in [0.15, 0.2) is 82.5 Å². The van der Waals surface area contributed by atoms with Crippen LogP contribution in [-0.4, -0.2) is 52.2 Å². The molecule has 12 nitrogen and oxygen atoms in total. The summed E-state index contributed by atoms with van der Waals surface area (Å²) < 4.78 is 50.8. The number of hydrogen-bond acceptors (Lipinski definition) is 9. The predicted octanol–water partition coefficient (Wildman–Crippen LogP) is 2.31. The zero-order valence-electron chi connectivity index (χ0n) is 21.4. The lowest BCUT2D eigenvalue weighted by Crippen LogP contribution is -2.36. The van der Waals surface area contributed by atoms with Gasteiger partial charge < -0.3 is 19.1 Å². The van der Waals surface area contributed by atoms with Crippen LogP contribution in [0.1, 0.15) is 18.7 Å². The van der Waals surface area contributed by atoms with E-state index < -0.39 is 68.6 Å². The average Bonchev–Trinajstić information content (AvgIpc) is 3.26. The highest BCUT2D eigenvalue weighted by Gasteiger charge is 2.46. The van der Waals surface area contributed by atoms with Gasteiger partial charge in [0.2, 0.25) is 0 Å². The molecule has 0 amide bonds. The lowest BCUT2D eigenvalue weighted by Gasteiger charge is -2.25. The lowest BCUT2D eigenvalue weighted by atomic mass is 10.00. The molecule has 6 atom stereocenters. The van der Waals surface area contributed by atoms with Gasteiger partial charge in [-0.2, -0.15) is 5.09 Å². The predicted molar refractivity (Wildman–Crippen MR) is 140 cm³/mol. The van der Waals surface area contributed by atoms with Gasteiger partial charge in [-0.15, -0.1) is 0 Å². The van der Waals surface area contributed by atoms with Crippen molar-refractivity contribution in [2.45, 2.75) is 38.0 Å². The fourth-order valence-corrected chi connectivity index (χ4v) is 5.53. The maximum absolute atomic E-state index is 13.9. The van der Waals surface area contributed by atoms with Crippen molar-refractivity contribution in [2.24, 2.45) is 5.92 Å². The minimum absolute atomic E-state index is 0.00607. The molecule has 0 radical (unpaired) electrons. The summed E-state index contributed by atoms with van der Waals surface area (Å²) in [6.45, 7) is -0.184. The van der Waals surface area contributed by atoms with Gasteiger partial charge in [-0.1, -0.05) is 48.5 Å². The number of hydrogen-bond donors (Lipinski definition) is 3. The zero-order valence-corrected chi connectivity index (χ0v) is 22.3. The van der Waals surface area contributed by atoms with Crippen LogP contribution in [-0.2, 0) is 30.0 Å². The maximum atomic E-state index is 13.9. The number of H-pyrrole nitrogens is 1. The maximum Gasteiger partial charge on any atom is 0.459 e. The molecular weight excluding hydrogens is 548 g/mol. The molecule has 2 aromatic carbocycles. The topological polar surface area (TPSA) is 158 Å². The van der Waals surface area contributed by atoms with E-state index in [9.17, 15) is 28.4 Å². The Balaban J connectivity index is 1.47.